The van der Waals surface area contributed by atoms with Gasteiger partial charge in [0.2, 0.25) is 0 Å². The lowest BCUT2D eigenvalue weighted by molar-refractivity contribution is 0.0578. The summed E-state index contributed by atoms with van der Waals surface area (Å²) in [5, 5.41) is 19.4. The number of hydrogen-bond acceptors (Lipinski definition) is 5. The van der Waals surface area contributed by atoms with Crippen LogP contribution in [-0.2, 0) is 0 Å². The Morgan fingerprint density at radius 3 is 2.54 bits per heavy atom. The van der Waals surface area contributed by atoms with E-state index in [1.54, 1.807) is 17.2 Å². The van der Waals surface area contributed by atoms with Crippen LogP contribution in [0.5, 0.6) is 11.5 Å². The van der Waals surface area contributed by atoms with Gasteiger partial charge in [0.25, 0.3) is 5.91 Å². The van der Waals surface area contributed by atoms with Crippen molar-refractivity contribution in [3.05, 3.63) is 53.9 Å². The topological polar surface area (TPSA) is 76.9 Å². The molecule has 2 heterocycles. The van der Waals surface area contributed by atoms with E-state index in [9.17, 15) is 15.0 Å². The van der Waals surface area contributed by atoms with Gasteiger partial charge in [-0.25, -0.2) is 0 Å². The fourth-order valence-corrected chi connectivity index (χ4v) is 3.02. The highest BCUT2D eigenvalue weighted by atomic mass is 16.3. The minimum Gasteiger partial charge on any atom is -0.504 e. The largest absolute Gasteiger partial charge is 0.504 e. The molecule has 3 rings (SSSR count). The molecule has 0 spiro atoms. The lowest BCUT2D eigenvalue weighted by Crippen LogP contribution is -2.49. The van der Waals surface area contributed by atoms with E-state index >= 15 is 0 Å². The molecule has 0 unspecified atom stereocenters. The second-order valence-corrected chi connectivity index (χ2v) is 5.96. The Morgan fingerprint density at radius 1 is 1.12 bits per heavy atom. The maximum atomic E-state index is 12.5. The molecule has 1 atom stereocenters. The van der Waals surface area contributed by atoms with Crippen LogP contribution in [0.3, 0.4) is 0 Å². The average Bonchev–Trinajstić information content (AvgIpc) is 2.64. The molecular weight excluding hydrogens is 306 g/mol. The van der Waals surface area contributed by atoms with Crippen molar-refractivity contribution in [1.82, 2.24) is 14.8 Å². The predicted octanol–water partition coefficient (Wildman–Crippen LogP) is 2.01. The molecule has 1 fully saturated rings. The summed E-state index contributed by atoms with van der Waals surface area (Å²) in [5.74, 6) is -0.879. The first kappa shape index (κ1) is 16.3. The number of amides is 1. The van der Waals surface area contributed by atoms with E-state index < -0.39 is 0 Å². The molecule has 1 aromatic heterocycles. The normalized spacial score (nSPS) is 16.8. The maximum absolute atomic E-state index is 12.5. The molecule has 126 valence electrons. The summed E-state index contributed by atoms with van der Waals surface area (Å²) >= 11 is 0. The third-order valence-corrected chi connectivity index (χ3v) is 4.56. The summed E-state index contributed by atoms with van der Waals surface area (Å²) in [4.78, 5) is 20.7. The van der Waals surface area contributed by atoms with Gasteiger partial charge in [0.05, 0.1) is 5.56 Å². The van der Waals surface area contributed by atoms with Crippen LogP contribution in [0.1, 0.15) is 28.9 Å². The van der Waals surface area contributed by atoms with Crippen molar-refractivity contribution in [1.29, 1.82) is 0 Å². The summed E-state index contributed by atoms with van der Waals surface area (Å²) in [6.07, 6.45) is 3.63. The summed E-state index contributed by atoms with van der Waals surface area (Å²) in [7, 11) is 0. The first-order chi connectivity index (χ1) is 11.6. The molecule has 2 aromatic rings. The second-order valence-electron chi connectivity index (χ2n) is 5.96. The smallest absolute Gasteiger partial charge is 0.257 e. The van der Waals surface area contributed by atoms with Gasteiger partial charge in [0, 0.05) is 44.6 Å². The van der Waals surface area contributed by atoms with Crippen molar-refractivity contribution in [2.45, 2.75) is 13.0 Å². The van der Waals surface area contributed by atoms with Crippen molar-refractivity contribution < 1.29 is 15.0 Å². The van der Waals surface area contributed by atoms with Crippen LogP contribution in [0.4, 0.5) is 0 Å². The number of phenolic OH excluding ortho intramolecular Hbond substituents is 2. The van der Waals surface area contributed by atoms with Crippen LogP contribution in [0.15, 0.2) is 42.7 Å². The number of rotatable bonds is 3. The monoisotopic (exact) mass is 327 g/mol. The molecule has 0 aliphatic carbocycles. The highest BCUT2D eigenvalue weighted by Gasteiger charge is 2.27. The summed E-state index contributed by atoms with van der Waals surface area (Å²) in [5.41, 5.74) is 1.30. The van der Waals surface area contributed by atoms with E-state index in [0.29, 0.717) is 13.1 Å². The van der Waals surface area contributed by atoms with E-state index in [1.807, 2.05) is 12.3 Å². The number of para-hydroxylation sites is 1. The van der Waals surface area contributed by atoms with Crippen LogP contribution < -0.4 is 0 Å². The van der Waals surface area contributed by atoms with Crippen molar-refractivity contribution in [2.75, 3.05) is 26.2 Å². The Morgan fingerprint density at radius 2 is 1.88 bits per heavy atom. The molecule has 1 aliphatic rings. The van der Waals surface area contributed by atoms with Gasteiger partial charge in [0.1, 0.15) is 0 Å². The van der Waals surface area contributed by atoms with Crippen LogP contribution in [0.25, 0.3) is 0 Å². The van der Waals surface area contributed by atoms with Gasteiger partial charge in [0.15, 0.2) is 11.5 Å². The van der Waals surface area contributed by atoms with E-state index in [-0.39, 0.29) is 29.0 Å². The van der Waals surface area contributed by atoms with E-state index in [0.717, 1.165) is 18.7 Å². The molecule has 0 radical (unpaired) electrons. The van der Waals surface area contributed by atoms with Crippen LogP contribution in [0, 0.1) is 0 Å². The highest BCUT2D eigenvalue weighted by molar-refractivity contribution is 5.97. The van der Waals surface area contributed by atoms with E-state index in [1.165, 1.54) is 12.1 Å². The Kier molecular flexibility index (Phi) is 4.66. The fraction of sp³-hybridized carbons (Fsp3) is 0.333. The minimum atomic E-state index is -0.353. The molecule has 0 saturated carbocycles. The molecule has 1 amide bonds. The third-order valence-electron chi connectivity index (χ3n) is 4.56. The second kappa shape index (κ2) is 6.88. The first-order valence-corrected chi connectivity index (χ1v) is 8.02. The third kappa shape index (κ3) is 3.19. The molecule has 6 nitrogen and oxygen atoms in total. The number of nitrogens with zero attached hydrogens (tertiary/aromatic N) is 3. The number of carbonyl (C=O) groups is 1. The number of pyridine rings is 1. The maximum Gasteiger partial charge on any atom is 0.257 e. The van der Waals surface area contributed by atoms with Crippen LogP contribution in [-0.4, -0.2) is 57.1 Å². The summed E-state index contributed by atoms with van der Waals surface area (Å²) in [6, 6.07) is 8.67. The fourth-order valence-electron chi connectivity index (χ4n) is 3.02. The molecular formula is C18H21N3O3. The lowest BCUT2D eigenvalue weighted by Gasteiger charge is -2.38. The van der Waals surface area contributed by atoms with E-state index in [4.69, 9.17) is 0 Å². The van der Waals surface area contributed by atoms with Crippen LogP contribution in [0.2, 0.25) is 0 Å². The first-order valence-electron chi connectivity index (χ1n) is 8.02. The zero-order chi connectivity index (χ0) is 17.1. The van der Waals surface area contributed by atoms with Crippen molar-refractivity contribution >= 4 is 5.91 Å². The number of piperazine rings is 1. The number of benzene rings is 1. The molecule has 1 saturated heterocycles. The van der Waals surface area contributed by atoms with Gasteiger partial charge >= 0.3 is 0 Å². The number of aromatic hydroxyl groups is 2. The molecule has 2 N–H and O–H groups in total. The number of phenols is 2. The average molecular weight is 327 g/mol. The predicted molar refractivity (Wildman–Crippen MR) is 89.9 cm³/mol. The molecule has 6 heteroatoms. The summed E-state index contributed by atoms with van der Waals surface area (Å²) < 4.78 is 0. The molecule has 24 heavy (non-hydrogen) atoms. The lowest BCUT2D eigenvalue weighted by atomic mass is 10.1. The number of aromatic nitrogens is 1. The Balaban J connectivity index is 1.65. The van der Waals surface area contributed by atoms with Gasteiger partial charge < -0.3 is 15.1 Å². The zero-order valence-corrected chi connectivity index (χ0v) is 13.6. The zero-order valence-electron chi connectivity index (χ0n) is 13.6. The summed E-state index contributed by atoms with van der Waals surface area (Å²) in [6.45, 7) is 4.80. The Hall–Kier alpha value is -2.60. The standard InChI is InChI=1S/C18H21N3O3/c1-13(14-4-3-7-19-12-14)20-8-10-21(11-9-20)18(24)15-5-2-6-16(22)17(15)23/h2-7,12-13,22-23H,8-11H2,1H3/t13-/m0/s1. The molecule has 0 bridgehead atoms. The van der Waals surface area contributed by atoms with Crippen LogP contribution >= 0.6 is 0 Å². The molecule has 1 aliphatic heterocycles. The van der Waals surface area contributed by atoms with Gasteiger partial charge in [-0.15, -0.1) is 0 Å². The van der Waals surface area contributed by atoms with E-state index in [2.05, 4.69) is 22.9 Å². The Labute approximate surface area is 141 Å². The van der Waals surface area contributed by atoms with Crippen molar-refractivity contribution in [3.8, 4) is 11.5 Å². The van der Waals surface area contributed by atoms with Crippen molar-refractivity contribution in [2.24, 2.45) is 0 Å². The SMILES string of the molecule is C[C@@H](c1cccnc1)N1CCN(C(=O)c2cccc(O)c2O)CC1. The van der Waals surface area contributed by atoms with Gasteiger partial charge in [-0.3, -0.25) is 14.7 Å². The quantitative estimate of drug-likeness (QED) is 0.843. The number of hydrogen-bond donors (Lipinski definition) is 2. The van der Waals surface area contributed by atoms with Gasteiger partial charge in [-0.2, -0.15) is 0 Å². The van der Waals surface area contributed by atoms with Gasteiger partial charge in [-0.05, 0) is 30.7 Å². The Bertz CT molecular complexity index is 713. The minimum absolute atomic E-state index is 0.142. The highest BCUT2D eigenvalue weighted by Crippen LogP contribution is 2.29. The number of carbonyl (C=O) groups excluding carboxylic acids is 1. The molecule has 1 aromatic carbocycles. The van der Waals surface area contributed by atoms with Gasteiger partial charge in [-0.1, -0.05) is 12.1 Å². The van der Waals surface area contributed by atoms with Crippen molar-refractivity contribution in [3.63, 3.8) is 0 Å².